The highest BCUT2D eigenvalue weighted by atomic mass is 32.2. The summed E-state index contributed by atoms with van der Waals surface area (Å²) < 4.78 is 10.7. The summed E-state index contributed by atoms with van der Waals surface area (Å²) in [5.74, 6) is 1.51. The van der Waals surface area contributed by atoms with Crippen LogP contribution in [-0.2, 0) is 11.3 Å². The summed E-state index contributed by atoms with van der Waals surface area (Å²) in [6.07, 6.45) is 2.00. The monoisotopic (exact) mass is 358 g/mol. The first-order chi connectivity index (χ1) is 12.1. The van der Waals surface area contributed by atoms with Gasteiger partial charge >= 0.3 is 0 Å². The third-order valence-electron chi connectivity index (χ3n) is 4.27. The minimum absolute atomic E-state index is 0.0234. The molecule has 0 aromatic heterocycles. The molecule has 1 aliphatic heterocycles. The molecule has 0 fully saturated rings. The van der Waals surface area contributed by atoms with Crippen LogP contribution in [0.15, 0.2) is 47.4 Å². The average molecular weight is 358 g/mol. The van der Waals surface area contributed by atoms with E-state index in [1.165, 1.54) is 0 Å². The maximum atomic E-state index is 12.6. The van der Waals surface area contributed by atoms with Gasteiger partial charge in [0.2, 0.25) is 12.7 Å². The lowest BCUT2D eigenvalue weighted by molar-refractivity contribution is -0.120. The summed E-state index contributed by atoms with van der Waals surface area (Å²) >= 11 is 1.62. The molecule has 5 nitrogen and oxygen atoms in total. The molecule has 0 aliphatic carbocycles. The second kappa shape index (κ2) is 7.80. The number of anilines is 1. The van der Waals surface area contributed by atoms with E-state index in [4.69, 9.17) is 9.47 Å². The molecule has 1 amide bonds. The van der Waals surface area contributed by atoms with Crippen LogP contribution >= 0.6 is 11.8 Å². The Hall–Kier alpha value is -2.18. The molecule has 1 aliphatic rings. The molecule has 3 rings (SSSR count). The molecular weight excluding hydrogens is 336 g/mol. The Labute approximate surface area is 152 Å². The molecule has 6 heteroatoms. The van der Waals surface area contributed by atoms with E-state index in [1.54, 1.807) is 11.8 Å². The van der Waals surface area contributed by atoms with E-state index in [1.807, 2.05) is 67.6 Å². The van der Waals surface area contributed by atoms with Gasteiger partial charge in [-0.15, -0.1) is 11.8 Å². The molecular formula is C19H22N2O3S. The predicted molar refractivity (Wildman–Crippen MR) is 100 cm³/mol. The minimum atomic E-state index is -0.264. The molecule has 0 saturated heterocycles. The number of rotatable bonds is 6. The van der Waals surface area contributed by atoms with Crippen molar-refractivity contribution in [2.24, 2.45) is 0 Å². The van der Waals surface area contributed by atoms with Gasteiger partial charge in [0.1, 0.15) is 0 Å². The maximum absolute atomic E-state index is 12.6. The Morgan fingerprint density at radius 2 is 2.00 bits per heavy atom. The highest BCUT2D eigenvalue weighted by Crippen LogP contribution is 2.33. The first kappa shape index (κ1) is 17.6. The molecule has 1 heterocycles. The number of hydrogen-bond acceptors (Lipinski definition) is 5. The summed E-state index contributed by atoms with van der Waals surface area (Å²) in [7, 11) is 1.94. The van der Waals surface area contributed by atoms with Gasteiger partial charge in [-0.25, -0.2) is 0 Å². The molecule has 2 aromatic rings. The number of nitrogens with one attached hydrogen (secondary N) is 1. The number of likely N-dealkylation sites (N-methyl/N-ethyl adjacent to an activating group) is 1. The van der Waals surface area contributed by atoms with Crippen LogP contribution in [0.25, 0.3) is 0 Å². The molecule has 0 bridgehead atoms. The summed E-state index contributed by atoms with van der Waals surface area (Å²) in [5.41, 5.74) is 1.93. The van der Waals surface area contributed by atoms with Crippen molar-refractivity contribution in [1.82, 2.24) is 4.90 Å². The Kier molecular flexibility index (Phi) is 5.50. The molecule has 1 N–H and O–H groups in total. The molecule has 25 heavy (non-hydrogen) atoms. The number of fused-ring (bicyclic) bond motifs is 1. The number of ether oxygens (including phenoxy) is 2. The number of hydrogen-bond donors (Lipinski definition) is 1. The number of para-hydroxylation sites is 1. The first-order valence-corrected chi connectivity index (χ1v) is 9.33. The predicted octanol–water partition coefficient (Wildman–Crippen LogP) is 3.60. The summed E-state index contributed by atoms with van der Waals surface area (Å²) in [6.45, 7) is 2.82. The number of benzene rings is 2. The van der Waals surface area contributed by atoms with Gasteiger partial charge in [0.15, 0.2) is 11.5 Å². The number of carbonyl (C=O) groups is 1. The standard InChI is InChI=1S/C19H22N2O3S/c1-13(19(22)20-15-6-4-5-7-18(15)25-3)21(2)11-14-8-9-16-17(10-14)24-12-23-16/h4-10,13H,11-12H2,1-3H3,(H,20,22). The van der Waals surface area contributed by atoms with Crippen molar-refractivity contribution in [3.8, 4) is 11.5 Å². The molecule has 1 unspecified atom stereocenters. The highest BCUT2D eigenvalue weighted by molar-refractivity contribution is 7.98. The van der Waals surface area contributed by atoms with Gasteiger partial charge in [0.05, 0.1) is 11.7 Å². The second-order valence-corrected chi connectivity index (χ2v) is 6.82. The quantitative estimate of drug-likeness (QED) is 0.800. The normalized spacial score (nSPS) is 13.8. The summed E-state index contributed by atoms with van der Waals surface area (Å²) in [5, 5.41) is 3.02. The third-order valence-corrected chi connectivity index (χ3v) is 5.07. The Bertz CT molecular complexity index is 766. The third kappa shape index (κ3) is 4.08. The van der Waals surface area contributed by atoms with Gasteiger partial charge < -0.3 is 14.8 Å². The van der Waals surface area contributed by atoms with Crippen LogP contribution in [0.3, 0.4) is 0 Å². The number of thioether (sulfide) groups is 1. The lowest BCUT2D eigenvalue weighted by atomic mass is 10.1. The van der Waals surface area contributed by atoms with Crippen LogP contribution in [0.5, 0.6) is 11.5 Å². The van der Waals surface area contributed by atoms with Crippen LogP contribution in [0.2, 0.25) is 0 Å². The van der Waals surface area contributed by atoms with E-state index in [0.717, 1.165) is 27.6 Å². The van der Waals surface area contributed by atoms with Crippen LogP contribution in [0.4, 0.5) is 5.69 Å². The van der Waals surface area contributed by atoms with Crippen LogP contribution < -0.4 is 14.8 Å². The molecule has 0 spiro atoms. The van der Waals surface area contributed by atoms with E-state index < -0.39 is 0 Å². The fourth-order valence-electron chi connectivity index (χ4n) is 2.65. The van der Waals surface area contributed by atoms with E-state index in [-0.39, 0.29) is 18.7 Å². The molecule has 0 saturated carbocycles. The maximum Gasteiger partial charge on any atom is 0.241 e. The van der Waals surface area contributed by atoms with Crippen molar-refractivity contribution in [1.29, 1.82) is 0 Å². The fraction of sp³-hybridized carbons (Fsp3) is 0.316. The number of nitrogens with zero attached hydrogens (tertiary/aromatic N) is 1. The van der Waals surface area contributed by atoms with Gasteiger partial charge in [0, 0.05) is 11.4 Å². The smallest absolute Gasteiger partial charge is 0.241 e. The fourth-order valence-corrected chi connectivity index (χ4v) is 3.20. The van der Waals surface area contributed by atoms with Crippen molar-refractivity contribution in [2.45, 2.75) is 24.4 Å². The lowest BCUT2D eigenvalue weighted by Gasteiger charge is -2.24. The number of amides is 1. The van der Waals surface area contributed by atoms with E-state index in [2.05, 4.69) is 5.32 Å². The first-order valence-electron chi connectivity index (χ1n) is 8.11. The van der Waals surface area contributed by atoms with Crippen molar-refractivity contribution < 1.29 is 14.3 Å². The number of carbonyl (C=O) groups excluding carboxylic acids is 1. The van der Waals surface area contributed by atoms with Crippen LogP contribution in [0, 0.1) is 0 Å². The SMILES string of the molecule is CSc1ccccc1NC(=O)C(C)N(C)Cc1ccc2c(c1)OCO2. The van der Waals surface area contributed by atoms with Crippen molar-refractivity contribution >= 4 is 23.4 Å². The van der Waals surface area contributed by atoms with Gasteiger partial charge in [-0.1, -0.05) is 18.2 Å². The largest absolute Gasteiger partial charge is 0.454 e. The summed E-state index contributed by atoms with van der Waals surface area (Å²) in [6, 6.07) is 13.4. The van der Waals surface area contributed by atoms with E-state index in [9.17, 15) is 4.79 Å². The molecule has 2 aromatic carbocycles. The Morgan fingerprint density at radius 3 is 2.80 bits per heavy atom. The Balaban J connectivity index is 1.63. The molecule has 132 valence electrons. The highest BCUT2D eigenvalue weighted by Gasteiger charge is 2.20. The Morgan fingerprint density at radius 1 is 1.24 bits per heavy atom. The second-order valence-electron chi connectivity index (χ2n) is 5.97. The molecule has 0 radical (unpaired) electrons. The zero-order valence-electron chi connectivity index (χ0n) is 14.6. The lowest BCUT2D eigenvalue weighted by Crippen LogP contribution is -2.39. The van der Waals surface area contributed by atoms with Crippen LogP contribution in [-0.4, -0.2) is 36.9 Å². The van der Waals surface area contributed by atoms with Crippen molar-refractivity contribution in [2.75, 3.05) is 25.4 Å². The van der Waals surface area contributed by atoms with Crippen molar-refractivity contribution in [3.63, 3.8) is 0 Å². The zero-order chi connectivity index (χ0) is 17.8. The van der Waals surface area contributed by atoms with E-state index in [0.29, 0.717) is 6.54 Å². The topological polar surface area (TPSA) is 50.8 Å². The van der Waals surface area contributed by atoms with Gasteiger partial charge in [0.25, 0.3) is 0 Å². The van der Waals surface area contributed by atoms with Gasteiger partial charge in [-0.3, -0.25) is 9.69 Å². The minimum Gasteiger partial charge on any atom is -0.454 e. The molecule has 1 atom stereocenters. The summed E-state index contributed by atoms with van der Waals surface area (Å²) in [4.78, 5) is 15.7. The van der Waals surface area contributed by atoms with Gasteiger partial charge in [-0.2, -0.15) is 0 Å². The zero-order valence-corrected chi connectivity index (χ0v) is 15.4. The van der Waals surface area contributed by atoms with Crippen LogP contribution in [0.1, 0.15) is 12.5 Å². The average Bonchev–Trinajstić information content (AvgIpc) is 3.09. The van der Waals surface area contributed by atoms with Gasteiger partial charge in [-0.05, 0) is 50.1 Å². The van der Waals surface area contributed by atoms with E-state index >= 15 is 0 Å². The van der Waals surface area contributed by atoms with Crippen molar-refractivity contribution in [3.05, 3.63) is 48.0 Å².